The van der Waals surface area contributed by atoms with E-state index in [9.17, 15) is 14.9 Å². The number of hydrogen-bond acceptors (Lipinski definition) is 7. The largest absolute Gasteiger partial charge is 0.461 e. The molecule has 0 atom stereocenters. The third-order valence-electron chi connectivity index (χ3n) is 2.29. The molecule has 0 bridgehead atoms. The Balaban J connectivity index is 2.98. The number of aryl methyl sites for hydroxylation is 1. The molecule has 0 aromatic heterocycles. The monoisotopic (exact) mass is 276 g/mol. The Morgan fingerprint density at radius 3 is 2.85 bits per heavy atom. The number of benzene rings is 1. The van der Waals surface area contributed by atoms with E-state index >= 15 is 0 Å². The van der Waals surface area contributed by atoms with E-state index in [0.717, 1.165) is 0 Å². The summed E-state index contributed by atoms with van der Waals surface area (Å²) in [6, 6.07) is 5.74. The maximum atomic E-state index is 11.3. The van der Waals surface area contributed by atoms with Crippen LogP contribution in [0.25, 0.3) is 0 Å². The molecule has 1 aromatic rings. The molecule has 104 valence electrons. The topological polar surface area (TPSA) is 118 Å². The number of nitro benzene ring substituents is 1. The van der Waals surface area contributed by atoms with Crippen LogP contribution in [0.5, 0.6) is 0 Å². The maximum absolute atomic E-state index is 11.3. The van der Waals surface area contributed by atoms with Crippen LogP contribution in [-0.4, -0.2) is 23.2 Å². The van der Waals surface area contributed by atoms with Gasteiger partial charge in [0.2, 0.25) is 5.71 Å². The Morgan fingerprint density at radius 2 is 2.30 bits per heavy atom. The van der Waals surface area contributed by atoms with Crippen molar-refractivity contribution in [2.24, 2.45) is 5.10 Å². The molecule has 0 aliphatic rings. The summed E-state index contributed by atoms with van der Waals surface area (Å²) in [4.78, 5) is 21.4. The summed E-state index contributed by atoms with van der Waals surface area (Å²) in [5.41, 5.74) is 2.89. The van der Waals surface area contributed by atoms with Crippen molar-refractivity contribution in [2.45, 2.75) is 13.8 Å². The summed E-state index contributed by atoms with van der Waals surface area (Å²) in [6.45, 7) is 3.43. The number of non-ortho nitro benzene ring substituents is 1. The van der Waals surface area contributed by atoms with Crippen LogP contribution in [0.4, 0.5) is 11.4 Å². The highest BCUT2D eigenvalue weighted by molar-refractivity contribution is 6.43. The number of nitrogens with zero attached hydrogens (tertiary/aromatic N) is 3. The highest BCUT2D eigenvalue weighted by Gasteiger charge is 2.13. The number of carbonyl (C=O) groups excluding carboxylic acids is 1. The van der Waals surface area contributed by atoms with Gasteiger partial charge in [-0.3, -0.25) is 15.5 Å². The minimum absolute atomic E-state index is 0.120. The Labute approximate surface area is 114 Å². The van der Waals surface area contributed by atoms with Crippen molar-refractivity contribution in [3.63, 3.8) is 0 Å². The van der Waals surface area contributed by atoms with Crippen LogP contribution in [0.1, 0.15) is 12.5 Å². The van der Waals surface area contributed by atoms with Gasteiger partial charge in [0.05, 0.1) is 17.2 Å². The molecule has 0 unspecified atom stereocenters. The first kappa shape index (κ1) is 15.1. The van der Waals surface area contributed by atoms with Gasteiger partial charge in [-0.15, -0.1) is 0 Å². The van der Waals surface area contributed by atoms with E-state index in [4.69, 9.17) is 5.26 Å². The van der Waals surface area contributed by atoms with Crippen LogP contribution in [0.15, 0.2) is 23.3 Å². The minimum atomic E-state index is -0.856. The summed E-state index contributed by atoms with van der Waals surface area (Å²) >= 11 is 0. The molecule has 0 fully saturated rings. The molecule has 8 heteroatoms. The second-order valence-corrected chi connectivity index (χ2v) is 3.66. The molecule has 0 spiro atoms. The smallest absolute Gasteiger partial charge is 0.369 e. The molecule has 8 nitrogen and oxygen atoms in total. The van der Waals surface area contributed by atoms with Gasteiger partial charge in [0.1, 0.15) is 6.07 Å². The molecule has 0 amide bonds. The van der Waals surface area contributed by atoms with E-state index in [2.05, 4.69) is 15.3 Å². The number of nitro groups is 1. The van der Waals surface area contributed by atoms with Crippen LogP contribution < -0.4 is 5.43 Å². The fraction of sp³-hybridized carbons (Fsp3) is 0.250. The van der Waals surface area contributed by atoms with E-state index in [0.29, 0.717) is 11.3 Å². The Hall–Kier alpha value is -2.95. The fourth-order valence-electron chi connectivity index (χ4n) is 1.28. The zero-order chi connectivity index (χ0) is 15.1. The van der Waals surface area contributed by atoms with Gasteiger partial charge < -0.3 is 4.74 Å². The lowest BCUT2D eigenvalue weighted by molar-refractivity contribution is -0.384. The Kier molecular flexibility index (Phi) is 5.17. The number of rotatable bonds is 5. The first-order valence-corrected chi connectivity index (χ1v) is 5.65. The third kappa shape index (κ3) is 3.78. The lowest BCUT2D eigenvalue weighted by Gasteiger charge is -2.05. The van der Waals surface area contributed by atoms with Crippen molar-refractivity contribution in [3.05, 3.63) is 33.9 Å². The second kappa shape index (κ2) is 6.84. The summed E-state index contributed by atoms with van der Waals surface area (Å²) < 4.78 is 4.64. The quantitative estimate of drug-likeness (QED) is 0.379. The predicted molar refractivity (Wildman–Crippen MR) is 71.1 cm³/mol. The zero-order valence-electron chi connectivity index (χ0n) is 10.9. The number of carbonyl (C=O) groups is 1. The Morgan fingerprint density at radius 1 is 1.60 bits per heavy atom. The average molecular weight is 276 g/mol. The number of nitrogens with one attached hydrogen (secondary N) is 1. The van der Waals surface area contributed by atoms with E-state index in [1.807, 2.05) is 0 Å². The van der Waals surface area contributed by atoms with Crippen molar-refractivity contribution >= 4 is 23.1 Å². The highest BCUT2D eigenvalue weighted by Crippen LogP contribution is 2.21. The van der Waals surface area contributed by atoms with Gasteiger partial charge >= 0.3 is 5.97 Å². The average Bonchev–Trinajstić information content (AvgIpc) is 2.41. The van der Waals surface area contributed by atoms with E-state index in [-0.39, 0.29) is 12.3 Å². The molecule has 0 saturated carbocycles. The number of ether oxygens (including phenoxy) is 1. The van der Waals surface area contributed by atoms with Gasteiger partial charge in [0.25, 0.3) is 5.69 Å². The SMILES string of the molecule is CCOC(=O)/C(C#N)=N\Nc1cc([N+](=O)[O-])ccc1C. The van der Waals surface area contributed by atoms with Crippen molar-refractivity contribution < 1.29 is 14.5 Å². The van der Waals surface area contributed by atoms with Crippen molar-refractivity contribution in [1.82, 2.24) is 0 Å². The summed E-state index contributed by atoms with van der Waals surface area (Å²) in [6.07, 6.45) is 0. The predicted octanol–water partition coefficient (Wildman–Crippen LogP) is 1.76. The van der Waals surface area contributed by atoms with Crippen molar-refractivity contribution in [2.75, 3.05) is 12.0 Å². The fourth-order valence-corrected chi connectivity index (χ4v) is 1.28. The standard InChI is InChI=1S/C12H12N4O4/c1-3-20-12(17)11(7-13)15-14-10-6-9(16(18)19)5-4-8(10)2/h4-6,14H,3H2,1-2H3/b15-11-. The first-order valence-electron chi connectivity index (χ1n) is 5.65. The zero-order valence-corrected chi connectivity index (χ0v) is 10.9. The van der Waals surface area contributed by atoms with Crippen LogP contribution in [0.2, 0.25) is 0 Å². The molecule has 0 saturated heterocycles. The van der Waals surface area contributed by atoms with Crippen molar-refractivity contribution in [3.8, 4) is 6.07 Å². The number of nitriles is 1. The highest BCUT2D eigenvalue weighted by atomic mass is 16.6. The van der Waals surface area contributed by atoms with Gasteiger partial charge in [-0.2, -0.15) is 10.4 Å². The lowest BCUT2D eigenvalue weighted by atomic mass is 10.2. The molecule has 20 heavy (non-hydrogen) atoms. The molecule has 0 aliphatic heterocycles. The van der Waals surface area contributed by atoms with Crippen molar-refractivity contribution in [1.29, 1.82) is 5.26 Å². The maximum Gasteiger partial charge on any atom is 0.369 e. The van der Waals surface area contributed by atoms with E-state index in [1.165, 1.54) is 18.2 Å². The number of hydrazone groups is 1. The number of hydrogen-bond donors (Lipinski definition) is 1. The van der Waals surface area contributed by atoms with Gasteiger partial charge in [-0.1, -0.05) is 6.07 Å². The first-order chi connectivity index (χ1) is 9.49. The summed E-state index contributed by atoms with van der Waals surface area (Å²) in [5.74, 6) is -0.856. The van der Waals surface area contributed by atoms with Crippen LogP contribution in [0, 0.1) is 28.4 Å². The molecule has 1 rings (SSSR count). The second-order valence-electron chi connectivity index (χ2n) is 3.66. The van der Waals surface area contributed by atoms with E-state index in [1.54, 1.807) is 19.9 Å². The number of esters is 1. The Bertz CT molecular complexity index is 604. The van der Waals surface area contributed by atoms with E-state index < -0.39 is 16.6 Å². The lowest BCUT2D eigenvalue weighted by Crippen LogP contribution is -2.17. The molecular formula is C12H12N4O4. The summed E-state index contributed by atoms with van der Waals surface area (Å²) in [5, 5.41) is 23.1. The third-order valence-corrected chi connectivity index (χ3v) is 2.29. The number of anilines is 1. The molecule has 0 heterocycles. The molecule has 0 radical (unpaired) electrons. The molecule has 0 aliphatic carbocycles. The van der Waals surface area contributed by atoms with Gasteiger partial charge in [0.15, 0.2) is 0 Å². The van der Waals surface area contributed by atoms with Crippen LogP contribution in [-0.2, 0) is 9.53 Å². The van der Waals surface area contributed by atoms with Gasteiger partial charge in [-0.05, 0) is 19.4 Å². The van der Waals surface area contributed by atoms with Crippen LogP contribution >= 0.6 is 0 Å². The molecular weight excluding hydrogens is 264 g/mol. The molecule has 1 N–H and O–H groups in total. The van der Waals surface area contributed by atoms with Gasteiger partial charge in [-0.25, -0.2) is 4.79 Å². The summed E-state index contributed by atoms with van der Waals surface area (Å²) in [7, 11) is 0. The minimum Gasteiger partial charge on any atom is -0.461 e. The van der Waals surface area contributed by atoms with Gasteiger partial charge in [0, 0.05) is 12.1 Å². The van der Waals surface area contributed by atoms with Crippen LogP contribution in [0.3, 0.4) is 0 Å². The molecule has 1 aromatic carbocycles. The normalized spacial score (nSPS) is 10.6.